The van der Waals surface area contributed by atoms with Gasteiger partial charge in [0.05, 0.1) is 19.6 Å². The molecule has 1 saturated heterocycles. The third-order valence-electron chi connectivity index (χ3n) is 4.55. The summed E-state index contributed by atoms with van der Waals surface area (Å²) < 4.78 is 10.1. The maximum absolute atomic E-state index is 12.1. The van der Waals surface area contributed by atoms with Crippen LogP contribution in [0.1, 0.15) is 31.7 Å². The molecule has 1 fully saturated rings. The van der Waals surface area contributed by atoms with Crippen LogP contribution in [0.3, 0.4) is 0 Å². The highest BCUT2D eigenvalue weighted by atomic mass is 35.5. The van der Waals surface area contributed by atoms with Gasteiger partial charge in [0.25, 0.3) is 0 Å². The van der Waals surface area contributed by atoms with Crippen LogP contribution in [0.4, 0.5) is 0 Å². The summed E-state index contributed by atoms with van der Waals surface area (Å²) in [6.07, 6.45) is 5.23. The number of phenols is 1. The van der Waals surface area contributed by atoms with Gasteiger partial charge in [-0.15, -0.1) is 12.4 Å². The van der Waals surface area contributed by atoms with Crippen molar-refractivity contribution < 1.29 is 24.2 Å². The van der Waals surface area contributed by atoms with E-state index in [-0.39, 0.29) is 35.8 Å². The Bertz CT molecular complexity index is 654. The summed E-state index contributed by atoms with van der Waals surface area (Å²) in [5.74, 6) is 0.373. The van der Waals surface area contributed by atoms with Gasteiger partial charge in [0.15, 0.2) is 17.3 Å². The molecule has 0 atom stereocenters. The zero-order valence-corrected chi connectivity index (χ0v) is 16.7. The van der Waals surface area contributed by atoms with Gasteiger partial charge < -0.3 is 19.5 Å². The number of nitrogens with zero attached hydrogens (tertiary/aromatic N) is 1. The number of aromatic hydroxyl groups is 1. The van der Waals surface area contributed by atoms with Crippen molar-refractivity contribution in [3.63, 3.8) is 0 Å². The van der Waals surface area contributed by atoms with Gasteiger partial charge in [-0.05, 0) is 56.6 Å². The van der Waals surface area contributed by atoms with Gasteiger partial charge in [-0.25, -0.2) is 0 Å². The molecular weight excluding hydrogens is 370 g/mol. The molecule has 1 aliphatic rings. The number of benzene rings is 1. The molecule has 27 heavy (non-hydrogen) atoms. The van der Waals surface area contributed by atoms with E-state index in [0.29, 0.717) is 25.3 Å². The summed E-state index contributed by atoms with van der Waals surface area (Å²) in [6.45, 7) is 4.55. The Morgan fingerprint density at radius 2 is 2.00 bits per heavy atom. The number of halogens is 1. The quantitative estimate of drug-likeness (QED) is 0.536. The summed E-state index contributed by atoms with van der Waals surface area (Å²) >= 11 is 0. The fraction of sp³-hybridized carbons (Fsp3) is 0.500. The van der Waals surface area contributed by atoms with Crippen molar-refractivity contribution in [2.75, 3.05) is 33.4 Å². The fourth-order valence-corrected chi connectivity index (χ4v) is 3.00. The molecule has 1 N–H and O–H groups in total. The van der Waals surface area contributed by atoms with Crippen LogP contribution in [0.15, 0.2) is 24.3 Å². The van der Waals surface area contributed by atoms with Crippen molar-refractivity contribution in [2.24, 2.45) is 5.92 Å². The van der Waals surface area contributed by atoms with Crippen molar-refractivity contribution in [1.82, 2.24) is 4.90 Å². The van der Waals surface area contributed by atoms with E-state index in [0.717, 1.165) is 31.5 Å². The summed E-state index contributed by atoms with van der Waals surface area (Å²) in [6, 6.07) is 5.00. The first-order valence-electron chi connectivity index (χ1n) is 9.00. The molecular formula is C20H28ClNO5. The van der Waals surface area contributed by atoms with Crippen LogP contribution in [0, 0.1) is 5.92 Å². The summed E-state index contributed by atoms with van der Waals surface area (Å²) in [5.41, 5.74) is 0.743. The average molecular weight is 398 g/mol. The van der Waals surface area contributed by atoms with Gasteiger partial charge in [0.2, 0.25) is 0 Å². The molecule has 6 nitrogen and oxygen atoms in total. The zero-order chi connectivity index (χ0) is 18.9. The summed E-state index contributed by atoms with van der Waals surface area (Å²) in [4.78, 5) is 26.0. The number of methoxy groups -OCH3 is 1. The number of piperidine rings is 1. The number of esters is 1. The van der Waals surface area contributed by atoms with Crippen molar-refractivity contribution in [2.45, 2.75) is 26.2 Å². The van der Waals surface area contributed by atoms with Crippen LogP contribution >= 0.6 is 12.4 Å². The number of likely N-dealkylation sites (tertiary alicyclic amines) is 1. The minimum Gasteiger partial charge on any atom is -0.504 e. The second-order valence-electron chi connectivity index (χ2n) is 6.35. The van der Waals surface area contributed by atoms with E-state index in [1.54, 1.807) is 24.3 Å². The molecule has 7 heteroatoms. The molecule has 2 rings (SSSR count). The lowest BCUT2D eigenvalue weighted by atomic mass is 9.97. The van der Waals surface area contributed by atoms with Gasteiger partial charge in [-0.1, -0.05) is 12.1 Å². The number of ether oxygens (including phenoxy) is 2. The Labute approximate surface area is 166 Å². The first-order valence-corrected chi connectivity index (χ1v) is 9.00. The first kappa shape index (κ1) is 23.0. The molecule has 1 heterocycles. The zero-order valence-electron chi connectivity index (χ0n) is 15.8. The third kappa shape index (κ3) is 7.23. The van der Waals surface area contributed by atoms with Crippen LogP contribution < -0.4 is 4.74 Å². The Morgan fingerprint density at radius 1 is 1.30 bits per heavy atom. The smallest absolute Gasteiger partial charge is 0.309 e. The maximum Gasteiger partial charge on any atom is 0.309 e. The predicted molar refractivity (Wildman–Crippen MR) is 106 cm³/mol. The molecule has 0 aliphatic carbocycles. The number of hydrogen-bond donors (Lipinski definition) is 1. The number of carbonyl (C=O) groups is 2. The number of hydrogen-bond acceptors (Lipinski definition) is 6. The van der Waals surface area contributed by atoms with Gasteiger partial charge in [-0.3, -0.25) is 9.59 Å². The highest BCUT2D eigenvalue weighted by molar-refractivity contribution is 5.93. The van der Waals surface area contributed by atoms with Gasteiger partial charge >= 0.3 is 5.97 Å². The molecule has 1 aromatic rings. The van der Waals surface area contributed by atoms with E-state index < -0.39 is 0 Å². The monoisotopic (exact) mass is 397 g/mol. The van der Waals surface area contributed by atoms with E-state index in [1.807, 2.05) is 6.92 Å². The standard InChI is InChI=1S/C20H27NO5.ClH/c1-3-26-20(24)16-8-11-21(12-9-16)13-10-17(22)6-4-15-5-7-19(25-2)18(23)14-15;/h4-7,14,16,23H,3,8-13H2,1-2H3;1H. The number of rotatable bonds is 8. The van der Waals surface area contributed by atoms with Crippen molar-refractivity contribution in [1.29, 1.82) is 0 Å². The second kappa shape index (κ2) is 11.6. The Kier molecular flexibility index (Phi) is 9.89. The third-order valence-corrected chi connectivity index (χ3v) is 4.55. The lowest BCUT2D eigenvalue weighted by Crippen LogP contribution is -2.37. The van der Waals surface area contributed by atoms with E-state index in [4.69, 9.17) is 9.47 Å². The van der Waals surface area contributed by atoms with E-state index in [2.05, 4.69) is 4.90 Å². The second-order valence-corrected chi connectivity index (χ2v) is 6.35. The molecule has 0 saturated carbocycles. The van der Waals surface area contributed by atoms with E-state index in [1.165, 1.54) is 13.2 Å². The Morgan fingerprint density at radius 3 is 2.59 bits per heavy atom. The largest absolute Gasteiger partial charge is 0.504 e. The molecule has 1 aromatic carbocycles. The van der Waals surface area contributed by atoms with Crippen LogP contribution in [0.2, 0.25) is 0 Å². The number of phenolic OH excluding ortho intramolecular Hbond substituents is 1. The summed E-state index contributed by atoms with van der Waals surface area (Å²) in [5, 5.41) is 9.74. The van der Waals surface area contributed by atoms with Gasteiger partial charge in [0, 0.05) is 13.0 Å². The van der Waals surface area contributed by atoms with E-state index in [9.17, 15) is 14.7 Å². The van der Waals surface area contributed by atoms with Crippen LogP contribution in [-0.2, 0) is 14.3 Å². The topological polar surface area (TPSA) is 76.1 Å². The predicted octanol–water partition coefficient (Wildman–Crippen LogP) is 3.07. The highest BCUT2D eigenvalue weighted by Crippen LogP contribution is 2.26. The first-order chi connectivity index (χ1) is 12.5. The molecule has 0 unspecified atom stereocenters. The van der Waals surface area contributed by atoms with Crippen LogP contribution in [0.25, 0.3) is 6.08 Å². The van der Waals surface area contributed by atoms with Crippen molar-refractivity contribution in [3.05, 3.63) is 29.8 Å². The number of allylic oxidation sites excluding steroid dienone is 1. The fourth-order valence-electron chi connectivity index (χ4n) is 3.00. The highest BCUT2D eigenvalue weighted by Gasteiger charge is 2.25. The lowest BCUT2D eigenvalue weighted by Gasteiger charge is -2.30. The molecule has 0 spiro atoms. The summed E-state index contributed by atoms with van der Waals surface area (Å²) in [7, 11) is 1.49. The van der Waals surface area contributed by atoms with Crippen molar-refractivity contribution >= 4 is 30.2 Å². The molecule has 1 aliphatic heterocycles. The molecule has 0 aromatic heterocycles. The average Bonchev–Trinajstić information content (AvgIpc) is 2.65. The minimum absolute atomic E-state index is 0. The van der Waals surface area contributed by atoms with Gasteiger partial charge in [0.1, 0.15) is 0 Å². The normalized spacial score (nSPS) is 15.3. The molecule has 0 radical (unpaired) electrons. The maximum atomic E-state index is 12.1. The molecule has 150 valence electrons. The number of carbonyl (C=O) groups excluding carboxylic acids is 2. The lowest BCUT2D eigenvalue weighted by molar-refractivity contribution is -0.149. The Balaban J connectivity index is 0.00000364. The number of ketones is 1. The SMILES string of the molecule is CCOC(=O)C1CCN(CCC(=O)C=Cc2ccc(OC)c(O)c2)CC1.Cl. The van der Waals surface area contributed by atoms with Crippen molar-refractivity contribution in [3.8, 4) is 11.5 Å². The Hall–Kier alpha value is -2.05. The molecule has 0 amide bonds. The molecule has 0 bridgehead atoms. The van der Waals surface area contributed by atoms with Gasteiger partial charge in [-0.2, -0.15) is 0 Å². The minimum atomic E-state index is -0.103. The van der Waals surface area contributed by atoms with Crippen LogP contribution in [-0.4, -0.2) is 55.1 Å². The van der Waals surface area contributed by atoms with E-state index >= 15 is 0 Å². The van der Waals surface area contributed by atoms with Crippen LogP contribution in [0.5, 0.6) is 11.5 Å².